The van der Waals surface area contributed by atoms with Crippen LogP contribution in [0.1, 0.15) is 44.4 Å². The molecule has 0 spiro atoms. The summed E-state index contributed by atoms with van der Waals surface area (Å²) in [5, 5.41) is 0. The third kappa shape index (κ3) is 5.98. The maximum atomic E-state index is 6.07. The lowest BCUT2D eigenvalue weighted by molar-refractivity contribution is 0.0563. The molecule has 2 rings (SSSR count). The Morgan fingerprint density at radius 2 is 1.68 bits per heavy atom. The number of benzene rings is 2. The number of methoxy groups -OCH3 is 2. The van der Waals surface area contributed by atoms with Gasteiger partial charge in [0.1, 0.15) is 12.7 Å². The zero-order valence-corrected chi connectivity index (χ0v) is 16.0. The van der Waals surface area contributed by atoms with E-state index in [0.29, 0.717) is 6.61 Å². The average molecular weight is 345 g/mol. The van der Waals surface area contributed by atoms with Gasteiger partial charge in [0.15, 0.2) is 11.5 Å². The predicted octanol–water partition coefficient (Wildman–Crippen LogP) is 5.02. The van der Waals surface area contributed by atoms with E-state index in [2.05, 4.69) is 13.0 Å². The van der Waals surface area contributed by atoms with Crippen LogP contribution in [0.5, 0.6) is 11.5 Å². The normalized spacial score (nSPS) is 11.2. The molecule has 0 aliphatic carbocycles. The summed E-state index contributed by atoms with van der Waals surface area (Å²) in [5.41, 5.74) is 8.66. The Kier molecular flexibility index (Phi) is 9.48. The van der Waals surface area contributed by atoms with E-state index in [-0.39, 0.29) is 6.10 Å². The van der Waals surface area contributed by atoms with Gasteiger partial charge < -0.3 is 19.9 Å². The second kappa shape index (κ2) is 11.4. The molecule has 0 aromatic heterocycles. The molecule has 0 radical (unpaired) electrons. The third-order valence-electron chi connectivity index (χ3n) is 3.77. The Labute approximate surface area is 151 Å². The fourth-order valence-corrected chi connectivity index (χ4v) is 2.52. The van der Waals surface area contributed by atoms with E-state index < -0.39 is 0 Å². The molecule has 1 unspecified atom stereocenters. The lowest BCUT2D eigenvalue weighted by atomic mass is 10.1. The maximum Gasteiger partial charge on any atom is 0.164 e. The second-order valence-electron chi connectivity index (χ2n) is 5.40. The number of hydrogen-bond acceptors (Lipinski definition) is 4. The van der Waals surface area contributed by atoms with Gasteiger partial charge in [-0.2, -0.15) is 0 Å². The van der Waals surface area contributed by atoms with E-state index in [4.69, 9.17) is 19.9 Å². The summed E-state index contributed by atoms with van der Waals surface area (Å²) in [6, 6.07) is 13.6. The Hall–Kier alpha value is -2.20. The van der Waals surface area contributed by atoms with Crippen molar-refractivity contribution in [2.45, 2.75) is 39.7 Å². The van der Waals surface area contributed by atoms with Crippen molar-refractivity contribution in [1.82, 2.24) is 0 Å². The minimum atomic E-state index is -0.157. The van der Waals surface area contributed by atoms with Gasteiger partial charge in [-0.25, -0.2) is 0 Å². The van der Waals surface area contributed by atoms with Crippen LogP contribution < -0.4 is 15.2 Å². The van der Waals surface area contributed by atoms with E-state index in [9.17, 15) is 0 Å². The Morgan fingerprint density at radius 1 is 1.00 bits per heavy atom. The van der Waals surface area contributed by atoms with E-state index >= 15 is 0 Å². The van der Waals surface area contributed by atoms with Gasteiger partial charge in [0.25, 0.3) is 0 Å². The minimum absolute atomic E-state index is 0.157. The van der Waals surface area contributed by atoms with Gasteiger partial charge in [0.2, 0.25) is 0 Å². The van der Waals surface area contributed by atoms with Gasteiger partial charge >= 0.3 is 0 Å². The second-order valence-corrected chi connectivity index (χ2v) is 5.40. The van der Waals surface area contributed by atoms with Crippen molar-refractivity contribution >= 4 is 5.69 Å². The van der Waals surface area contributed by atoms with Crippen LogP contribution in [-0.4, -0.2) is 20.8 Å². The number of nitrogens with two attached hydrogens (primary N) is 1. The molecule has 0 fully saturated rings. The van der Waals surface area contributed by atoms with E-state index in [1.807, 2.05) is 50.2 Å². The standard InChI is InChI=1S/C19H25NO3.C2H6/c1-4-6-15-7-5-8-17(21-2)19(15)23-13-18(22-3)14-9-11-16(20)12-10-14;1-2/h5,7-12,18H,4,6,13,20H2,1-3H3;1-2H3. The average Bonchev–Trinajstić information content (AvgIpc) is 2.66. The van der Waals surface area contributed by atoms with Gasteiger partial charge in [-0.3, -0.25) is 0 Å². The van der Waals surface area contributed by atoms with E-state index in [1.54, 1.807) is 14.2 Å². The number of hydrogen-bond donors (Lipinski definition) is 1. The number of nitrogen functional groups attached to an aromatic ring is 1. The van der Waals surface area contributed by atoms with Crippen LogP contribution in [-0.2, 0) is 11.2 Å². The number of rotatable bonds is 8. The Morgan fingerprint density at radius 3 is 2.24 bits per heavy atom. The van der Waals surface area contributed by atoms with Gasteiger partial charge in [0, 0.05) is 12.8 Å². The molecule has 0 amide bonds. The molecule has 0 bridgehead atoms. The molecule has 2 aromatic carbocycles. The van der Waals surface area contributed by atoms with Crippen LogP contribution in [0, 0.1) is 0 Å². The molecule has 1 atom stereocenters. The monoisotopic (exact) mass is 345 g/mol. The molecule has 4 heteroatoms. The Bertz CT molecular complexity index is 611. The van der Waals surface area contributed by atoms with Crippen LogP contribution in [0.2, 0.25) is 0 Å². The van der Waals surface area contributed by atoms with Crippen molar-refractivity contribution in [1.29, 1.82) is 0 Å². The number of para-hydroxylation sites is 1. The molecule has 138 valence electrons. The SMILES string of the molecule is CC.CCCc1cccc(OC)c1OCC(OC)c1ccc(N)cc1. The van der Waals surface area contributed by atoms with Crippen molar-refractivity contribution < 1.29 is 14.2 Å². The summed E-state index contributed by atoms with van der Waals surface area (Å²) in [6.07, 6.45) is 1.84. The lowest BCUT2D eigenvalue weighted by Gasteiger charge is -2.20. The summed E-state index contributed by atoms with van der Waals surface area (Å²) < 4.78 is 17.1. The zero-order chi connectivity index (χ0) is 18.7. The molecule has 0 heterocycles. The summed E-state index contributed by atoms with van der Waals surface area (Å²) in [7, 11) is 3.34. The molecule has 25 heavy (non-hydrogen) atoms. The maximum absolute atomic E-state index is 6.07. The highest BCUT2D eigenvalue weighted by molar-refractivity contribution is 5.47. The summed E-state index contributed by atoms with van der Waals surface area (Å²) >= 11 is 0. The van der Waals surface area contributed by atoms with Crippen molar-refractivity contribution in [2.24, 2.45) is 0 Å². The third-order valence-corrected chi connectivity index (χ3v) is 3.77. The summed E-state index contributed by atoms with van der Waals surface area (Å²) in [6.45, 7) is 6.56. The number of aryl methyl sites for hydroxylation is 1. The van der Waals surface area contributed by atoms with Crippen LogP contribution in [0.4, 0.5) is 5.69 Å². The highest BCUT2D eigenvalue weighted by Gasteiger charge is 2.15. The van der Waals surface area contributed by atoms with Crippen molar-refractivity contribution in [3.63, 3.8) is 0 Å². The minimum Gasteiger partial charge on any atom is -0.493 e. The van der Waals surface area contributed by atoms with Crippen molar-refractivity contribution in [3.8, 4) is 11.5 Å². The molecule has 4 nitrogen and oxygen atoms in total. The quantitative estimate of drug-likeness (QED) is 0.682. The molecule has 2 N–H and O–H groups in total. The van der Waals surface area contributed by atoms with Gasteiger partial charge in [-0.15, -0.1) is 0 Å². The zero-order valence-electron chi connectivity index (χ0n) is 16.0. The van der Waals surface area contributed by atoms with Crippen molar-refractivity contribution in [2.75, 3.05) is 26.6 Å². The lowest BCUT2D eigenvalue weighted by Crippen LogP contribution is -2.13. The fraction of sp³-hybridized carbons (Fsp3) is 0.429. The topological polar surface area (TPSA) is 53.7 Å². The van der Waals surface area contributed by atoms with Crippen LogP contribution in [0.25, 0.3) is 0 Å². The molecular formula is C21H31NO3. The van der Waals surface area contributed by atoms with E-state index in [1.165, 1.54) is 0 Å². The predicted molar refractivity (Wildman–Crippen MR) is 104 cm³/mol. The number of ether oxygens (including phenoxy) is 3. The van der Waals surface area contributed by atoms with Crippen LogP contribution in [0.15, 0.2) is 42.5 Å². The molecule has 0 saturated heterocycles. The summed E-state index contributed by atoms with van der Waals surface area (Å²) in [4.78, 5) is 0. The van der Waals surface area contributed by atoms with Crippen LogP contribution >= 0.6 is 0 Å². The Balaban J connectivity index is 0.00000151. The first kappa shape index (κ1) is 20.8. The van der Waals surface area contributed by atoms with Gasteiger partial charge in [-0.05, 0) is 35.7 Å². The van der Waals surface area contributed by atoms with E-state index in [0.717, 1.165) is 41.2 Å². The highest BCUT2D eigenvalue weighted by Crippen LogP contribution is 2.33. The molecular weight excluding hydrogens is 314 g/mol. The molecule has 2 aromatic rings. The van der Waals surface area contributed by atoms with Gasteiger partial charge in [0.05, 0.1) is 7.11 Å². The summed E-state index contributed by atoms with van der Waals surface area (Å²) in [5.74, 6) is 1.55. The fourth-order valence-electron chi connectivity index (χ4n) is 2.52. The first-order valence-electron chi connectivity index (χ1n) is 8.86. The largest absolute Gasteiger partial charge is 0.493 e. The molecule has 0 aliphatic rings. The highest BCUT2D eigenvalue weighted by atomic mass is 16.5. The van der Waals surface area contributed by atoms with Crippen LogP contribution in [0.3, 0.4) is 0 Å². The van der Waals surface area contributed by atoms with Gasteiger partial charge in [-0.1, -0.05) is 51.5 Å². The molecule has 0 aliphatic heterocycles. The first-order valence-corrected chi connectivity index (χ1v) is 8.86. The first-order chi connectivity index (χ1) is 12.2. The molecule has 0 saturated carbocycles. The van der Waals surface area contributed by atoms with Crippen molar-refractivity contribution in [3.05, 3.63) is 53.6 Å². The smallest absolute Gasteiger partial charge is 0.164 e. The number of anilines is 1.